The third-order valence-electron chi connectivity index (χ3n) is 6.64. The number of aromatic nitrogens is 3. The lowest BCUT2D eigenvalue weighted by Crippen LogP contribution is -2.60. The molecule has 2 fully saturated rings. The lowest BCUT2D eigenvalue weighted by Gasteiger charge is -2.41. The van der Waals surface area contributed by atoms with E-state index in [0.717, 1.165) is 18.6 Å². The molecule has 1 aromatic carbocycles. The maximum atomic E-state index is 14.5. The number of nitrogens with zero attached hydrogens (tertiary/aromatic N) is 5. The van der Waals surface area contributed by atoms with E-state index >= 15 is 0 Å². The topological polar surface area (TPSA) is 104 Å². The fourth-order valence-electron chi connectivity index (χ4n) is 4.82. The summed E-state index contributed by atoms with van der Waals surface area (Å²) in [6.07, 6.45) is 1.14. The second-order valence-electron chi connectivity index (χ2n) is 9.54. The number of rotatable bonds is 3. The van der Waals surface area contributed by atoms with Crippen molar-refractivity contribution >= 4 is 29.5 Å². The number of halogens is 2. The molecule has 12 heteroatoms. The molecule has 0 bridgehead atoms. The Morgan fingerprint density at radius 1 is 1.19 bits per heavy atom. The van der Waals surface area contributed by atoms with Crippen LogP contribution in [0.5, 0.6) is 0 Å². The van der Waals surface area contributed by atoms with Crippen LogP contribution in [0.25, 0.3) is 5.65 Å². The minimum atomic E-state index is -0.954. The normalized spacial score (nSPS) is 19.5. The van der Waals surface area contributed by atoms with Gasteiger partial charge in [0.1, 0.15) is 17.5 Å². The van der Waals surface area contributed by atoms with E-state index in [2.05, 4.69) is 20.7 Å². The van der Waals surface area contributed by atoms with Gasteiger partial charge in [-0.05, 0) is 57.0 Å². The first-order chi connectivity index (χ1) is 17.2. The minimum Gasteiger partial charge on any atom is -0.359 e. The number of ether oxygens (including phenoxy) is 1. The number of hydrogen-bond donors (Lipinski definition) is 2. The van der Waals surface area contributed by atoms with Crippen LogP contribution in [0.1, 0.15) is 38.3 Å². The standard InChI is InChI=1S/C24H27F2N7O3/c1-24(2)14-27-9-11-32(24)23(35)36-22(34)29-21-13-28-19-7-8-20(30-33(19)21)31-10-3-4-18(31)16-12-15(25)5-6-17(16)26/h5-8,12-13,18,27H,3-4,9-11,14H2,1-2H3,(H,29,34). The Morgan fingerprint density at radius 3 is 2.83 bits per heavy atom. The van der Waals surface area contributed by atoms with Crippen LogP contribution < -0.4 is 15.5 Å². The highest BCUT2D eigenvalue weighted by molar-refractivity contribution is 5.92. The van der Waals surface area contributed by atoms with Gasteiger partial charge in [-0.15, -0.1) is 5.10 Å². The zero-order valence-corrected chi connectivity index (χ0v) is 20.0. The van der Waals surface area contributed by atoms with Crippen molar-refractivity contribution in [2.24, 2.45) is 0 Å². The number of carbonyl (C=O) groups excluding carboxylic acids is 2. The van der Waals surface area contributed by atoms with E-state index in [-0.39, 0.29) is 17.4 Å². The predicted molar refractivity (Wildman–Crippen MR) is 128 cm³/mol. The number of anilines is 2. The van der Waals surface area contributed by atoms with Crippen LogP contribution in [0.4, 0.5) is 30.0 Å². The molecule has 0 radical (unpaired) electrons. The van der Waals surface area contributed by atoms with Gasteiger partial charge in [0, 0.05) is 31.7 Å². The lowest BCUT2D eigenvalue weighted by atomic mass is 10.0. The van der Waals surface area contributed by atoms with Gasteiger partial charge in [0.25, 0.3) is 0 Å². The third kappa shape index (κ3) is 4.55. The Kier molecular flexibility index (Phi) is 6.20. The van der Waals surface area contributed by atoms with Crippen LogP contribution in [0, 0.1) is 11.6 Å². The summed E-state index contributed by atoms with van der Waals surface area (Å²) in [6, 6.07) is 6.52. The summed E-state index contributed by atoms with van der Waals surface area (Å²) >= 11 is 0. The van der Waals surface area contributed by atoms with Crippen LogP contribution in [0.15, 0.2) is 36.5 Å². The van der Waals surface area contributed by atoms with Crippen LogP contribution >= 0.6 is 0 Å². The predicted octanol–water partition coefficient (Wildman–Crippen LogP) is 3.70. The Morgan fingerprint density at radius 2 is 2.03 bits per heavy atom. The molecule has 0 saturated carbocycles. The van der Waals surface area contributed by atoms with Gasteiger partial charge in [-0.3, -0.25) is 5.32 Å². The van der Waals surface area contributed by atoms with E-state index in [4.69, 9.17) is 4.74 Å². The molecule has 0 aliphatic carbocycles. The maximum Gasteiger partial charge on any atom is 0.421 e. The third-order valence-corrected chi connectivity index (χ3v) is 6.64. The summed E-state index contributed by atoms with van der Waals surface area (Å²) in [6.45, 7) is 5.99. The summed E-state index contributed by atoms with van der Waals surface area (Å²) in [5.74, 6) is -0.252. The second-order valence-corrected chi connectivity index (χ2v) is 9.54. The molecule has 1 atom stereocenters. The summed E-state index contributed by atoms with van der Waals surface area (Å²) in [5, 5.41) is 10.3. The molecule has 190 valence electrons. The summed E-state index contributed by atoms with van der Waals surface area (Å²) in [7, 11) is 0. The average molecular weight is 500 g/mol. The van der Waals surface area contributed by atoms with Crippen LogP contribution in [0.2, 0.25) is 0 Å². The molecule has 36 heavy (non-hydrogen) atoms. The minimum absolute atomic E-state index is 0.205. The fourth-order valence-corrected chi connectivity index (χ4v) is 4.82. The molecular formula is C24H27F2N7O3. The van der Waals surface area contributed by atoms with Gasteiger partial charge in [0.2, 0.25) is 0 Å². The molecular weight excluding hydrogens is 472 g/mol. The van der Waals surface area contributed by atoms with Crippen molar-refractivity contribution in [1.82, 2.24) is 24.8 Å². The molecule has 2 amide bonds. The molecule has 2 aliphatic rings. The largest absolute Gasteiger partial charge is 0.421 e. The highest BCUT2D eigenvalue weighted by Gasteiger charge is 2.35. The van der Waals surface area contributed by atoms with E-state index in [1.54, 1.807) is 12.1 Å². The Hall–Kier alpha value is -3.80. The SMILES string of the molecule is CC1(C)CNCCN1C(=O)OC(=O)Nc1cnc2ccc(N3CCCC3c3cc(F)ccc3F)nn12. The van der Waals surface area contributed by atoms with Crippen molar-refractivity contribution in [1.29, 1.82) is 0 Å². The monoisotopic (exact) mass is 499 g/mol. The van der Waals surface area contributed by atoms with Crippen molar-refractivity contribution in [3.05, 3.63) is 53.7 Å². The van der Waals surface area contributed by atoms with Crippen molar-refractivity contribution in [3.8, 4) is 0 Å². The first kappa shape index (κ1) is 23.9. The van der Waals surface area contributed by atoms with Crippen LogP contribution in [-0.4, -0.2) is 63.4 Å². The molecule has 0 spiro atoms. The van der Waals surface area contributed by atoms with E-state index in [0.29, 0.717) is 44.1 Å². The summed E-state index contributed by atoms with van der Waals surface area (Å²) in [5.41, 5.74) is 0.232. The van der Waals surface area contributed by atoms with Gasteiger partial charge in [0.15, 0.2) is 11.5 Å². The Balaban J connectivity index is 1.34. The van der Waals surface area contributed by atoms with Crippen molar-refractivity contribution in [3.63, 3.8) is 0 Å². The summed E-state index contributed by atoms with van der Waals surface area (Å²) in [4.78, 5) is 32.7. The number of benzene rings is 1. The lowest BCUT2D eigenvalue weighted by molar-refractivity contribution is 0.0689. The van der Waals surface area contributed by atoms with Gasteiger partial charge < -0.3 is 19.9 Å². The van der Waals surface area contributed by atoms with Gasteiger partial charge >= 0.3 is 12.2 Å². The van der Waals surface area contributed by atoms with E-state index in [9.17, 15) is 18.4 Å². The molecule has 3 aromatic rings. The smallest absolute Gasteiger partial charge is 0.359 e. The van der Waals surface area contributed by atoms with E-state index < -0.39 is 29.4 Å². The summed E-state index contributed by atoms with van der Waals surface area (Å²) < 4.78 is 34.8. The molecule has 5 rings (SSSR count). The van der Waals surface area contributed by atoms with Crippen molar-refractivity contribution < 1.29 is 23.1 Å². The van der Waals surface area contributed by atoms with Gasteiger partial charge in [-0.2, -0.15) is 4.52 Å². The molecule has 10 nitrogen and oxygen atoms in total. The van der Waals surface area contributed by atoms with Gasteiger partial charge in [-0.25, -0.2) is 23.4 Å². The van der Waals surface area contributed by atoms with Crippen LogP contribution in [-0.2, 0) is 4.74 Å². The first-order valence-electron chi connectivity index (χ1n) is 11.8. The molecule has 1 unspecified atom stereocenters. The number of fused-ring (bicyclic) bond motifs is 1. The number of nitrogens with one attached hydrogen (secondary N) is 2. The first-order valence-corrected chi connectivity index (χ1v) is 11.8. The quantitative estimate of drug-likeness (QED) is 0.530. The van der Waals surface area contributed by atoms with Crippen molar-refractivity contribution in [2.45, 2.75) is 38.3 Å². The molecule has 2 N–H and O–H groups in total. The second kappa shape index (κ2) is 9.34. The molecule has 2 saturated heterocycles. The average Bonchev–Trinajstić information content (AvgIpc) is 3.47. The molecule has 2 aliphatic heterocycles. The van der Waals surface area contributed by atoms with Gasteiger partial charge in [-0.1, -0.05) is 0 Å². The van der Waals surface area contributed by atoms with E-state index in [1.807, 2.05) is 18.7 Å². The molecule has 2 aromatic heterocycles. The number of piperazine rings is 1. The highest BCUT2D eigenvalue weighted by Crippen LogP contribution is 2.36. The Labute approximate surface area is 206 Å². The zero-order chi connectivity index (χ0) is 25.4. The number of amides is 2. The van der Waals surface area contributed by atoms with Gasteiger partial charge in [0.05, 0.1) is 17.8 Å². The zero-order valence-electron chi connectivity index (χ0n) is 20.0. The number of hydrogen-bond acceptors (Lipinski definition) is 7. The molecule has 4 heterocycles. The van der Waals surface area contributed by atoms with E-state index in [1.165, 1.54) is 21.7 Å². The number of carbonyl (C=O) groups is 2. The van der Waals surface area contributed by atoms with Crippen LogP contribution in [0.3, 0.4) is 0 Å². The fraction of sp³-hybridized carbons (Fsp3) is 0.417. The highest BCUT2D eigenvalue weighted by atomic mass is 19.1. The Bertz CT molecular complexity index is 1310. The number of imidazole rings is 1. The maximum absolute atomic E-state index is 14.5. The van der Waals surface area contributed by atoms with Crippen molar-refractivity contribution in [2.75, 3.05) is 36.4 Å².